The zero-order chi connectivity index (χ0) is 10.7. The lowest BCUT2D eigenvalue weighted by molar-refractivity contribution is 0.384. The smallest absolute Gasteiger partial charge is 0.224 e. The lowest BCUT2D eigenvalue weighted by atomic mass is 10.4. The van der Waals surface area contributed by atoms with Crippen LogP contribution in [0.1, 0.15) is 11.5 Å². The molecule has 0 radical (unpaired) electrons. The Balaban J connectivity index is 1.99. The predicted molar refractivity (Wildman–Crippen MR) is 55.0 cm³/mol. The van der Waals surface area contributed by atoms with Gasteiger partial charge in [0.25, 0.3) is 0 Å². The molecule has 3 N–H and O–H groups in total. The van der Waals surface area contributed by atoms with Gasteiger partial charge in [0.05, 0.1) is 12.2 Å². The van der Waals surface area contributed by atoms with Crippen molar-refractivity contribution in [2.75, 3.05) is 11.1 Å². The number of aryl methyl sites for hydroxylation is 1. The Labute approximate surface area is 86.5 Å². The van der Waals surface area contributed by atoms with Crippen LogP contribution >= 0.6 is 0 Å². The number of nitrogens with zero attached hydrogens (tertiary/aromatic N) is 3. The molecule has 15 heavy (non-hydrogen) atoms. The van der Waals surface area contributed by atoms with Crippen molar-refractivity contribution in [3.63, 3.8) is 0 Å². The van der Waals surface area contributed by atoms with Gasteiger partial charge in [-0.15, -0.1) is 0 Å². The minimum Gasteiger partial charge on any atom is -0.384 e. The van der Waals surface area contributed by atoms with Gasteiger partial charge in [0.2, 0.25) is 5.95 Å². The molecule has 0 aliphatic heterocycles. The van der Waals surface area contributed by atoms with Crippen LogP contribution in [-0.4, -0.2) is 15.1 Å². The van der Waals surface area contributed by atoms with Gasteiger partial charge in [-0.25, -0.2) is 4.98 Å². The molecule has 6 heteroatoms. The lowest BCUT2D eigenvalue weighted by Gasteiger charge is -2.01. The van der Waals surface area contributed by atoms with Crippen molar-refractivity contribution in [1.29, 1.82) is 0 Å². The third kappa shape index (κ3) is 2.43. The highest BCUT2D eigenvalue weighted by atomic mass is 16.5. The van der Waals surface area contributed by atoms with Crippen LogP contribution in [0.2, 0.25) is 0 Å². The molecule has 0 unspecified atom stereocenters. The van der Waals surface area contributed by atoms with Gasteiger partial charge in [0, 0.05) is 12.3 Å². The standard InChI is InChI=1S/C9H11N5O/c1-6-4-7(15-14-6)5-12-9-11-3-2-8(10)13-9/h2-4H,5H2,1H3,(H3,10,11,12,13). The van der Waals surface area contributed by atoms with Gasteiger partial charge in [-0.2, -0.15) is 4.98 Å². The first kappa shape index (κ1) is 9.45. The first-order valence-electron chi connectivity index (χ1n) is 4.48. The Kier molecular flexibility index (Phi) is 2.49. The summed E-state index contributed by atoms with van der Waals surface area (Å²) in [6.45, 7) is 2.36. The van der Waals surface area contributed by atoms with Gasteiger partial charge in [-0.05, 0) is 13.0 Å². The van der Waals surface area contributed by atoms with Crippen molar-refractivity contribution in [3.05, 3.63) is 29.8 Å². The van der Waals surface area contributed by atoms with Gasteiger partial charge < -0.3 is 15.6 Å². The van der Waals surface area contributed by atoms with Crippen molar-refractivity contribution in [2.24, 2.45) is 0 Å². The fourth-order valence-electron chi connectivity index (χ4n) is 1.12. The van der Waals surface area contributed by atoms with Crippen molar-refractivity contribution in [1.82, 2.24) is 15.1 Å². The molecule has 6 nitrogen and oxygen atoms in total. The second-order valence-corrected chi connectivity index (χ2v) is 3.09. The Hall–Kier alpha value is -2.11. The maximum absolute atomic E-state index is 5.50. The molecule has 0 amide bonds. The minimum atomic E-state index is 0.432. The molecule has 0 aliphatic carbocycles. The summed E-state index contributed by atoms with van der Waals surface area (Å²) >= 11 is 0. The second kappa shape index (κ2) is 3.95. The number of anilines is 2. The topological polar surface area (TPSA) is 89.9 Å². The highest BCUT2D eigenvalue weighted by Crippen LogP contribution is 2.06. The van der Waals surface area contributed by atoms with Gasteiger partial charge in [0.15, 0.2) is 5.76 Å². The van der Waals surface area contributed by atoms with E-state index in [1.165, 1.54) is 0 Å². The summed E-state index contributed by atoms with van der Waals surface area (Å²) in [6.07, 6.45) is 1.59. The molecule has 0 atom stereocenters. The van der Waals surface area contributed by atoms with Crippen LogP contribution in [0.15, 0.2) is 22.9 Å². The van der Waals surface area contributed by atoms with Crippen LogP contribution in [0.3, 0.4) is 0 Å². The molecule has 0 bridgehead atoms. The van der Waals surface area contributed by atoms with Gasteiger partial charge in [0.1, 0.15) is 5.82 Å². The third-order valence-electron chi connectivity index (χ3n) is 1.77. The van der Waals surface area contributed by atoms with Gasteiger partial charge in [-0.1, -0.05) is 5.16 Å². The van der Waals surface area contributed by atoms with Crippen LogP contribution in [0.5, 0.6) is 0 Å². The van der Waals surface area contributed by atoms with E-state index in [2.05, 4.69) is 20.4 Å². The molecule has 0 spiro atoms. The number of nitrogen functional groups attached to an aromatic ring is 1. The second-order valence-electron chi connectivity index (χ2n) is 3.09. The minimum absolute atomic E-state index is 0.432. The highest BCUT2D eigenvalue weighted by molar-refractivity contribution is 5.35. The van der Waals surface area contributed by atoms with Crippen LogP contribution in [0, 0.1) is 6.92 Å². The Morgan fingerprint density at radius 1 is 1.53 bits per heavy atom. The maximum Gasteiger partial charge on any atom is 0.224 e. The molecule has 0 aliphatic rings. The van der Waals surface area contributed by atoms with E-state index in [0.717, 1.165) is 11.5 Å². The Morgan fingerprint density at radius 2 is 2.40 bits per heavy atom. The van der Waals surface area contributed by atoms with E-state index in [9.17, 15) is 0 Å². The van der Waals surface area contributed by atoms with Gasteiger partial charge in [-0.3, -0.25) is 0 Å². The third-order valence-corrected chi connectivity index (χ3v) is 1.77. The number of nitrogens with one attached hydrogen (secondary N) is 1. The average Bonchev–Trinajstić information content (AvgIpc) is 2.62. The number of hydrogen-bond donors (Lipinski definition) is 2. The van der Waals surface area contributed by atoms with E-state index in [-0.39, 0.29) is 0 Å². The monoisotopic (exact) mass is 205 g/mol. The normalized spacial score (nSPS) is 10.2. The SMILES string of the molecule is Cc1cc(CNc2nccc(N)n2)on1. The molecule has 0 saturated carbocycles. The van der Waals surface area contributed by atoms with Crippen molar-refractivity contribution in [2.45, 2.75) is 13.5 Å². The quantitative estimate of drug-likeness (QED) is 0.775. The summed E-state index contributed by atoms with van der Waals surface area (Å²) in [7, 11) is 0. The zero-order valence-electron chi connectivity index (χ0n) is 8.27. The van der Waals surface area contributed by atoms with Crippen LogP contribution in [0.25, 0.3) is 0 Å². The van der Waals surface area contributed by atoms with Crippen LogP contribution in [0.4, 0.5) is 11.8 Å². The van der Waals surface area contributed by atoms with Crippen LogP contribution < -0.4 is 11.1 Å². The first-order valence-corrected chi connectivity index (χ1v) is 4.48. The largest absolute Gasteiger partial charge is 0.384 e. The van der Waals surface area contributed by atoms with Gasteiger partial charge >= 0.3 is 0 Å². The maximum atomic E-state index is 5.50. The summed E-state index contributed by atoms with van der Waals surface area (Å²) < 4.78 is 5.02. The molecule has 78 valence electrons. The van der Waals surface area contributed by atoms with E-state index in [4.69, 9.17) is 10.3 Å². The Morgan fingerprint density at radius 3 is 3.07 bits per heavy atom. The molecule has 0 fully saturated rings. The van der Waals surface area contributed by atoms with Crippen molar-refractivity contribution >= 4 is 11.8 Å². The summed E-state index contributed by atoms with van der Waals surface area (Å²) in [6, 6.07) is 3.48. The van der Waals surface area contributed by atoms with E-state index in [1.807, 2.05) is 13.0 Å². The molecule has 0 aromatic carbocycles. The molecular weight excluding hydrogens is 194 g/mol. The van der Waals surface area contributed by atoms with Crippen molar-refractivity contribution < 1.29 is 4.52 Å². The number of aromatic nitrogens is 3. The van der Waals surface area contributed by atoms with Crippen LogP contribution in [-0.2, 0) is 6.54 Å². The molecule has 2 rings (SSSR count). The molecule has 2 heterocycles. The molecule has 2 aromatic rings. The van der Waals surface area contributed by atoms with E-state index < -0.39 is 0 Å². The highest BCUT2D eigenvalue weighted by Gasteiger charge is 2.01. The summed E-state index contributed by atoms with van der Waals surface area (Å²) in [5.41, 5.74) is 6.35. The summed E-state index contributed by atoms with van der Waals surface area (Å²) in [4.78, 5) is 7.99. The Bertz CT molecular complexity index is 453. The van der Waals surface area contributed by atoms with E-state index in [0.29, 0.717) is 18.3 Å². The lowest BCUT2D eigenvalue weighted by Crippen LogP contribution is -2.03. The zero-order valence-corrected chi connectivity index (χ0v) is 8.27. The number of hydrogen-bond acceptors (Lipinski definition) is 6. The number of nitrogens with two attached hydrogens (primary N) is 1. The fraction of sp³-hybridized carbons (Fsp3) is 0.222. The van der Waals surface area contributed by atoms with E-state index >= 15 is 0 Å². The molecule has 0 saturated heterocycles. The predicted octanol–water partition coefficient (Wildman–Crippen LogP) is 0.967. The molecule has 2 aromatic heterocycles. The number of rotatable bonds is 3. The van der Waals surface area contributed by atoms with Crippen molar-refractivity contribution in [3.8, 4) is 0 Å². The van der Waals surface area contributed by atoms with E-state index in [1.54, 1.807) is 12.3 Å². The fourth-order valence-corrected chi connectivity index (χ4v) is 1.12. The first-order chi connectivity index (χ1) is 7.24. The molecular formula is C9H11N5O. The summed E-state index contributed by atoms with van der Waals surface area (Å²) in [5.74, 6) is 1.64. The average molecular weight is 205 g/mol. The summed E-state index contributed by atoms with van der Waals surface area (Å²) in [5, 5.41) is 6.75.